The average Bonchev–Trinajstić information content (AvgIpc) is 2.60. The molecule has 2 rings (SSSR count). The van der Waals surface area contributed by atoms with Crippen molar-refractivity contribution in [2.75, 3.05) is 12.3 Å². The Kier molecular flexibility index (Phi) is 3.06. The SMILES string of the molecule is NCCCSc1nc2ccccc2[nH]1. The van der Waals surface area contributed by atoms with Gasteiger partial charge in [0.25, 0.3) is 0 Å². The van der Waals surface area contributed by atoms with E-state index in [0.29, 0.717) is 0 Å². The van der Waals surface area contributed by atoms with Crippen molar-refractivity contribution < 1.29 is 0 Å². The number of para-hydroxylation sites is 2. The lowest BCUT2D eigenvalue weighted by molar-refractivity contribution is 0.938. The molecule has 0 aliphatic heterocycles. The van der Waals surface area contributed by atoms with Crippen LogP contribution in [0.25, 0.3) is 11.0 Å². The van der Waals surface area contributed by atoms with Gasteiger partial charge < -0.3 is 10.7 Å². The third-order valence-corrected chi connectivity index (χ3v) is 2.91. The maximum Gasteiger partial charge on any atom is 0.166 e. The number of H-pyrrole nitrogens is 1. The molecule has 0 spiro atoms. The first-order chi connectivity index (χ1) is 6.90. The number of aromatic nitrogens is 2. The van der Waals surface area contributed by atoms with E-state index in [1.54, 1.807) is 11.8 Å². The summed E-state index contributed by atoms with van der Waals surface area (Å²) in [6, 6.07) is 8.06. The number of benzene rings is 1. The van der Waals surface area contributed by atoms with E-state index in [0.717, 1.165) is 34.9 Å². The summed E-state index contributed by atoms with van der Waals surface area (Å²) in [5.41, 5.74) is 7.55. The lowest BCUT2D eigenvalue weighted by Crippen LogP contribution is -1.99. The average molecular weight is 207 g/mol. The standard InChI is InChI=1S/C10H13N3S/c11-6-3-7-14-10-12-8-4-1-2-5-9(8)13-10/h1-2,4-5H,3,6-7,11H2,(H,12,13). The van der Waals surface area contributed by atoms with Crippen molar-refractivity contribution in [2.45, 2.75) is 11.6 Å². The molecule has 0 bridgehead atoms. The molecule has 1 aromatic carbocycles. The number of thioether (sulfide) groups is 1. The van der Waals surface area contributed by atoms with E-state index in [-0.39, 0.29) is 0 Å². The third-order valence-electron chi connectivity index (χ3n) is 1.95. The maximum atomic E-state index is 5.42. The summed E-state index contributed by atoms with van der Waals surface area (Å²) in [4.78, 5) is 7.72. The van der Waals surface area contributed by atoms with Gasteiger partial charge in [0.15, 0.2) is 5.16 Å². The summed E-state index contributed by atoms with van der Waals surface area (Å²) in [7, 11) is 0. The molecule has 0 aliphatic carbocycles. The maximum absolute atomic E-state index is 5.42. The van der Waals surface area contributed by atoms with E-state index in [2.05, 4.69) is 9.97 Å². The van der Waals surface area contributed by atoms with Crippen LogP contribution in [0.4, 0.5) is 0 Å². The Bertz CT molecular complexity index is 377. The number of nitrogens with two attached hydrogens (primary N) is 1. The van der Waals surface area contributed by atoms with Crippen LogP contribution in [0.3, 0.4) is 0 Å². The molecule has 0 saturated carbocycles. The summed E-state index contributed by atoms with van der Waals surface area (Å²) < 4.78 is 0. The monoisotopic (exact) mass is 207 g/mol. The zero-order valence-electron chi connectivity index (χ0n) is 7.86. The van der Waals surface area contributed by atoms with Crippen molar-refractivity contribution in [3.63, 3.8) is 0 Å². The van der Waals surface area contributed by atoms with Crippen LogP contribution >= 0.6 is 11.8 Å². The number of nitrogens with zero attached hydrogens (tertiary/aromatic N) is 1. The first-order valence-electron chi connectivity index (χ1n) is 4.68. The Labute approximate surface area is 87.1 Å². The Morgan fingerprint density at radius 2 is 2.21 bits per heavy atom. The zero-order chi connectivity index (χ0) is 9.80. The molecule has 0 unspecified atom stereocenters. The zero-order valence-corrected chi connectivity index (χ0v) is 8.68. The molecule has 0 radical (unpaired) electrons. The fraction of sp³-hybridized carbons (Fsp3) is 0.300. The molecule has 1 aromatic heterocycles. The Hall–Kier alpha value is -1.00. The van der Waals surface area contributed by atoms with Gasteiger partial charge in [0.05, 0.1) is 11.0 Å². The van der Waals surface area contributed by atoms with Crippen molar-refractivity contribution in [1.29, 1.82) is 0 Å². The predicted octanol–water partition coefficient (Wildman–Crippen LogP) is 2.00. The number of imidazole rings is 1. The Morgan fingerprint density at radius 3 is 3.00 bits per heavy atom. The summed E-state index contributed by atoms with van der Waals surface area (Å²) in [5.74, 6) is 1.02. The highest BCUT2D eigenvalue weighted by atomic mass is 32.2. The smallest absolute Gasteiger partial charge is 0.166 e. The van der Waals surface area contributed by atoms with Crippen LogP contribution in [0.1, 0.15) is 6.42 Å². The van der Waals surface area contributed by atoms with E-state index in [1.807, 2.05) is 24.3 Å². The molecular weight excluding hydrogens is 194 g/mol. The van der Waals surface area contributed by atoms with E-state index in [4.69, 9.17) is 5.73 Å². The summed E-state index contributed by atoms with van der Waals surface area (Å²) in [6.07, 6.45) is 1.03. The van der Waals surface area contributed by atoms with E-state index < -0.39 is 0 Å². The number of fused-ring (bicyclic) bond motifs is 1. The number of hydrogen-bond donors (Lipinski definition) is 2. The van der Waals surface area contributed by atoms with Crippen molar-refractivity contribution in [3.05, 3.63) is 24.3 Å². The molecule has 4 heteroatoms. The molecule has 0 amide bonds. The second-order valence-electron chi connectivity index (χ2n) is 3.05. The van der Waals surface area contributed by atoms with Crippen molar-refractivity contribution >= 4 is 22.8 Å². The van der Waals surface area contributed by atoms with Gasteiger partial charge in [-0.25, -0.2) is 4.98 Å². The molecule has 0 atom stereocenters. The fourth-order valence-electron chi connectivity index (χ4n) is 1.25. The van der Waals surface area contributed by atoms with Crippen LogP contribution in [-0.2, 0) is 0 Å². The molecule has 1 heterocycles. The van der Waals surface area contributed by atoms with Gasteiger partial charge >= 0.3 is 0 Å². The van der Waals surface area contributed by atoms with Crippen LogP contribution in [0.15, 0.2) is 29.4 Å². The van der Waals surface area contributed by atoms with Gasteiger partial charge in [-0.2, -0.15) is 0 Å². The summed E-state index contributed by atoms with van der Waals surface area (Å²) >= 11 is 1.72. The Morgan fingerprint density at radius 1 is 1.36 bits per heavy atom. The predicted molar refractivity (Wildman–Crippen MR) is 60.5 cm³/mol. The molecule has 0 aliphatic rings. The lowest BCUT2D eigenvalue weighted by atomic mass is 10.3. The van der Waals surface area contributed by atoms with Crippen LogP contribution in [0, 0.1) is 0 Å². The van der Waals surface area contributed by atoms with Crippen molar-refractivity contribution in [2.24, 2.45) is 5.73 Å². The van der Waals surface area contributed by atoms with E-state index in [1.165, 1.54) is 0 Å². The number of nitrogens with one attached hydrogen (secondary N) is 1. The lowest BCUT2D eigenvalue weighted by Gasteiger charge is -1.93. The molecule has 0 fully saturated rings. The first-order valence-corrected chi connectivity index (χ1v) is 5.66. The van der Waals surface area contributed by atoms with Gasteiger partial charge in [-0.05, 0) is 25.1 Å². The van der Waals surface area contributed by atoms with Crippen LogP contribution in [0.2, 0.25) is 0 Å². The first kappa shape index (κ1) is 9.55. The highest BCUT2D eigenvalue weighted by molar-refractivity contribution is 7.99. The molecule has 2 aromatic rings. The van der Waals surface area contributed by atoms with Crippen molar-refractivity contribution in [3.8, 4) is 0 Å². The largest absolute Gasteiger partial charge is 0.333 e. The fourth-order valence-corrected chi connectivity index (χ4v) is 2.10. The number of aromatic amines is 1. The van der Waals surface area contributed by atoms with Crippen LogP contribution in [0.5, 0.6) is 0 Å². The second kappa shape index (κ2) is 4.48. The molecule has 3 nitrogen and oxygen atoms in total. The minimum atomic E-state index is 0.743. The van der Waals surface area contributed by atoms with Gasteiger partial charge in [-0.1, -0.05) is 23.9 Å². The van der Waals surface area contributed by atoms with Gasteiger partial charge in [0.2, 0.25) is 0 Å². The van der Waals surface area contributed by atoms with Crippen molar-refractivity contribution in [1.82, 2.24) is 9.97 Å². The minimum absolute atomic E-state index is 0.743. The number of rotatable bonds is 4. The van der Waals surface area contributed by atoms with E-state index >= 15 is 0 Å². The molecular formula is C10H13N3S. The summed E-state index contributed by atoms with van der Waals surface area (Å²) in [6.45, 7) is 0.743. The van der Waals surface area contributed by atoms with Gasteiger partial charge in [-0.15, -0.1) is 0 Å². The van der Waals surface area contributed by atoms with E-state index in [9.17, 15) is 0 Å². The van der Waals surface area contributed by atoms with Crippen LogP contribution in [-0.4, -0.2) is 22.3 Å². The molecule has 3 N–H and O–H groups in total. The third kappa shape index (κ3) is 2.08. The Balaban J connectivity index is 2.11. The van der Waals surface area contributed by atoms with Gasteiger partial charge in [-0.3, -0.25) is 0 Å². The van der Waals surface area contributed by atoms with Gasteiger partial charge in [0.1, 0.15) is 0 Å². The highest BCUT2D eigenvalue weighted by Crippen LogP contribution is 2.19. The van der Waals surface area contributed by atoms with Gasteiger partial charge in [0, 0.05) is 5.75 Å². The quantitative estimate of drug-likeness (QED) is 0.595. The molecule has 74 valence electrons. The highest BCUT2D eigenvalue weighted by Gasteiger charge is 2.00. The second-order valence-corrected chi connectivity index (χ2v) is 4.13. The normalized spacial score (nSPS) is 10.9. The molecule has 14 heavy (non-hydrogen) atoms. The topological polar surface area (TPSA) is 54.7 Å². The molecule has 0 saturated heterocycles. The van der Waals surface area contributed by atoms with Crippen LogP contribution < -0.4 is 5.73 Å². The summed E-state index contributed by atoms with van der Waals surface area (Å²) in [5, 5.41) is 0.986. The minimum Gasteiger partial charge on any atom is -0.333 e. The number of hydrogen-bond acceptors (Lipinski definition) is 3.